The number of benzene rings is 3. The van der Waals surface area contributed by atoms with E-state index in [0.29, 0.717) is 31.3 Å². The summed E-state index contributed by atoms with van der Waals surface area (Å²) in [5, 5.41) is 9.10. The Bertz CT molecular complexity index is 1240. The first-order chi connectivity index (χ1) is 18.0. The molecule has 0 saturated carbocycles. The number of carboxylic acid groups (broad SMARTS) is 1. The summed E-state index contributed by atoms with van der Waals surface area (Å²) >= 11 is 0. The summed E-state index contributed by atoms with van der Waals surface area (Å²) < 4.78 is 23.7. The highest BCUT2D eigenvalue weighted by Crippen LogP contribution is 2.38. The molecular formula is C31H34O6. The first kappa shape index (κ1) is 25.2. The minimum atomic E-state index is -0.816. The highest BCUT2D eigenvalue weighted by Gasteiger charge is 2.26. The molecule has 1 fully saturated rings. The average molecular weight is 503 g/mol. The zero-order chi connectivity index (χ0) is 25.8. The maximum Gasteiger partial charge on any atom is 0.304 e. The Morgan fingerprint density at radius 3 is 2.59 bits per heavy atom. The van der Waals surface area contributed by atoms with Gasteiger partial charge in [-0.1, -0.05) is 24.3 Å². The van der Waals surface area contributed by atoms with E-state index in [1.165, 1.54) is 23.1 Å². The van der Waals surface area contributed by atoms with Crippen molar-refractivity contribution in [3.05, 3.63) is 76.9 Å². The smallest absolute Gasteiger partial charge is 0.304 e. The van der Waals surface area contributed by atoms with Gasteiger partial charge in [-0.3, -0.25) is 4.79 Å². The molecule has 3 aromatic rings. The monoisotopic (exact) mass is 502 g/mol. The van der Waals surface area contributed by atoms with Crippen molar-refractivity contribution < 1.29 is 28.8 Å². The lowest BCUT2D eigenvalue weighted by atomic mass is 9.94. The van der Waals surface area contributed by atoms with Gasteiger partial charge < -0.3 is 24.1 Å². The van der Waals surface area contributed by atoms with Crippen LogP contribution in [-0.4, -0.2) is 37.0 Å². The molecule has 2 atom stereocenters. The van der Waals surface area contributed by atoms with Gasteiger partial charge in [-0.25, -0.2) is 0 Å². The van der Waals surface area contributed by atoms with Gasteiger partial charge in [0.05, 0.1) is 19.1 Å². The lowest BCUT2D eigenvalue weighted by Gasteiger charge is -2.23. The molecule has 6 heteroatoms. The summed E-state index contributed by atoms with van der Waals surface area (Å²) in [4.78, 5) is 11.1. The van der Waals surface area contributed by atoms with Gasteiger partial charge in [0.2, 0.25) is 0 Å². The molecule has 2 heterocycles. The number of rotatable bonds is 9. The molecule has 0 aromatic heterocycles. The predicted molar refractivity (Wildman–Crippen MR) is 142 cm³/mol. The van der Waals surface area contributed by atoms with Crippen molar-refractivity contribution in [1.82, 2.24) is 0 Å². The van der Waals surface area contributed by atoms with E-state index in [9.17, 15) is 4.79 Å². The van der Waals surface area contributed by atoms with E-state index < -0.39 is 5.97 Å². The third-order valence-corrected chi connectivity index (χ3v) is 7.12. The van der Waals surface area contributed by atoms with Crippen molar-refractivity contribution in [2.24, 2.45) is 0 Å². The highest BCUT2D eigenvalue weighted by atomic mass is 16.5. The van der Waals surface area contributed by atoms with Crippen molar-refractivity contribution in [2.75, 3.05) is 19.8 Å². The van der Waals surface area contributed by atoms with Gasteiger partial charge in [-0.15, -0.1) is 0 Å². The number of fused-ring (bicyclic) bond motifs is 1. The van der Waals surface area contributed by atoms with Crippen molar-refractivity contribution in [3.63, 3.8) is 0 Å². The number of ether oxygens (including phenoxy) is 4. The maximum absolute atomic E-state index is 11.1. The van der Waals surface area contributed by atoms with Crippen LogP contribution >= 0.6 is 0 Å². The van der Waals surface area contributed by atoms with Crippen LogP contribution in [0.5, 0.6) is 17.2 Å². The van der Waals surface area contributed by atoms with Crippen molar-refractivity contribution >= 4 is 5.97 Å². The van der Waals surface area contributed by atoms with Gasteiger partial charge >= 0.3 is 5.97 Å². The number of aliphatic carboxylic acids is 1. The lowest BCUT2D eigenvalue weighted by molar-refractivity contribution is -0.137. The number of hydrogen-bond acceptors (Lipinski definition) is 5. The van der Waals surface area contributed by atoms with Crippen LogP contribution in [0.3, 0.4) is 0 Å². The van der Waals surface area contributed by atoms with Crippen LogP contribution in [0.25, 0.3) is 11.1 Å². The van der Waals surface area contributed by atoms with Crippen LogP contribution in [-0.2, 0) is 16.1 Å². The third kappa shape index (κ3) is 6.08. The SMILES string of the molecule is Cc1cc(OCC2CCCCO2)cc(C)c1-c1cccc(COc2ccc3c(c2)OCC3CC(=O)O)c1. The molecule has 1 saturated heterocycles. The second-order valence-corrected chi connectivity index (χ2v) is 10.0. The van der Waals surface area contributed by atoms with Crippen LogP contribution in [0.4, 0.5) is 0 Å². The molecule has 0 aliphatic carbocycles. The Morgan fingerprint density at radius 1 is 1.00 bits per heavy atom. The predicted octanol–water partition coefficient (Wildman–Crippen LogP) is 6.45. The number of hydrogen-bond donors (Lipinski definition) is 1. The summed E-state index contributed by atoms with van der Waals surface area (Å²) in [7, 11) is 0. The van der Waals surface area contributed by atoms with Gasteiger partial charge in [0.25, 0.3) is 0 Å². The third-order valence-electron chi connectivity index (χ3n) is 7.12. The second-order valence-electron chi connectivity index (χ2n) is 10.0. The summed E-state index contributed by atoms with van der Waals surface area (Å²) in [6, 6.07) is 18.3. The van der Waals surface area contributed by atoms with Crippen molar-refractivity contribution in [3.8, 4) is 28.4 Å². The van der Waals surface area contributed by atoms with Gasteiger partial charge in [0.15, 0.2) is 0 Å². The Labute approximate surface area is 218 Å². The molecule has 0 bridgehead atoms. The molecule has 2 aliphatic heterocycles. The molecule has 37 heavy (non-hydrogen) atoms. The molecule has 5 rings (SSSR count). The van der Waals surface area contributed by atoms with Crippen LogP contribution in [0.1, 0.15) is 53.9 Å². The minimum absolute atomic E-state index is 0.0703. The average Bonchev–Trinajstić information content (AvgIpc) is 3.28. The van der Waals surface area contributed by atoms with E-state index in [4.69, 9.17) is 24.1 Å². The molecule has 194 valence electrons. The molecule has 1 N–H and O–H groups in total. The summed E-state index contributed by atoms with van der Waals surface area (Å²) in [5.41, 5.74) is 6.69. The standard InChI is InChI=1S/C31H34O6/c1-20-12-27(36-19-26-8-3-4-11-34-26)13-21(2)31(20)23-7-5-6-22(14-23)17-35-25-9-10-28-24(15-30(32)33)18-37-29(28)16-25/h5-7,9-10,12-14,16,24,26H,3-4,8,11,15,17-19H2,1-2H3,(H,32,33). The van der Waals surface area contributed by atoms with Gasteiger partial charge in [0.1, 0.15) is 30.5 Å². The van der Waals surface area contributed by atoms with Crippen LogP contribution in [0.2, 0.25) is 0 Å². The first-order valence-corrected chi connectivity index (χ1v) is 13.0. The van der Waals surface area contributed by atoms with E-state index in [2.05, 4.69) is 50.2 Å². The number of aryl methyl sites for hydroxylation is 2. The van der Waals surface area contributed by atoms with Gasteiger partial charge in [-0.05, 0) is 85.2 Å². The highest BCUT2D eigenvalue weighted by molar-refractivity contribution is 5.72. The molecule has 0 radical (unpaired) electrons. The van der Waals surface area contributed by atoms with Gasteiger partial charge in [-0.2, -0.15) is 0 Å². The molecule has 2 unspecified atom stereocenters. The molecule has 0 amide bonds. The van der Waals surface area contributed by atoms with Crippen LogP contribution < -0.4 is 14.2 Å². The van der Waals surface area contributed by atoms with E-state index in [1.807, 2.05) is 18.2 Å². The fourth-order valence-electron chi connectivity index (χ4n) is 5.30. The molecule has 3 aromatic carbocycles. The Kier molecular flexibility index (Phi) is 7.65. The largest absolute Gasteiger partial charge is 0.492 e. The first-order valence-electron chi connectivity index (χ1n) is 13.0. The Hall–Kier alpha value is -3.51. The van der Waals surface area contributed by atoms with E-state index in [1.54, 1.807) is 0 Å². The van der Waals surface area contributed by atoms with Crippen LogP contribution in [0.15, 0.2) is 54.6 Å². The van der Waals surface area contributed by atoms with E-state index in [0.717, 1.165) is 41.9 Å². The summed E-state index contributed by atoms with van der Waals surface area (Å²) in [6.07, 6.45) is 3.67. The molecular weight excluding hydrogens is 468 g/mol. The van der Waals surface area contributed by atoms with Crippen LogP contribution in [0, 0.1) is 13.8 Å². The zero-order valence-corrected chi connectivity index (χ0v) is 21.5. The van der Waals surface area contributed by atoms with E-state index in [-0.39, 0.29) is 18.4 Å². The normalized spacial score (nSPS) is 18.6. The fraction of sp³-hybridized carbons (Fsp3) is 0.387. The van der Waals surface area contributed by atoms with Gasteiger partial charge in [0, 0.05) is 24.2 Å². The molecule has 6 nitrogen and oxygen atoms in total. The Balaban J connectivity index is 1.24. The summed E-state index contributed by atoms with van der Waals surface area (Å²) in [5.74, 6) is 1.37. The minimum Gasteiger partial charge on any atom is -0.492 e. The zero-order valence-electron chi connectivity index (χ0n) is 21.5. The van der Waals surface area contributed by atoms with Crippen molar-refractivity contribution in [2.45, 2.75) is 58.2 Å². The lowest BCUT2D eigenvalue weighted by Crippen LogP contribution is -2.25. The molecule has 0 spiro atoms. The van der Waals surface area contributed by atoms with Crippen molar-refractivity contribution in [1.29, 1.82) is 0 Å². The maximum atomic E-state index is 11.1. The fourth-order valence-corrected chi connectivity index (χ4v) is 5.30. The molecule has 2 aliphatic rings. The number of carboxylic acids is 1. The second kappa shape index (κ2) is 11.3. The number of carbonyl (C=O) groups is 1. The van der Waals surface area contributed by atoms with E-state index >= 15 is 0 Å². The summed E-state index contributed by atoms with van der Waals surface area (Å²) in [6.45, 7) is 6.49. The Morgan fingerprint density at radius 2 is 1.84 bits per heavy atom. The topological polar surface area (TPSA) is 74.2 Å². The quantitative estimate of drug-likeness (QED) is 0.363.